The van der Waals surface area contributed by atoms with Crippen LogP contribution in [-0.2, 0) is 5.54 Å². The van der Waals surface area contributed by atoms with Gasteiger partial charge in [0, 0.05) is 11.1 Å². The van der Waals surface area contributed by atoms with E-state index in [0.717, 1.165) is 31.2 Å². The normalized spacial score (nSPS) is 17.8. The van der Waals surface area contributed by atoms with E-state index in [0.29, 0.717) is 5.75 Å². The number of hydrogen-bond donors (Lipinski definition) is 1. The van der Waals surface area contributed by atoms with E-state index in [9.17, 15) is 4.39 Å². The zero-order valence-electron chi connectivity index (χ0n) is 10.6. The summed E-state index contributed by atoms with van der Waals surface area (Å²) in [5, 5.41) is 0.0133. The Hall–Kier alpha value is -1.00. The van der Waals surface area contributed by atoms with Crippen molar-refractivity contribution in [3.05, 3.63) is 22.5 Å². The molecule has 5 heteroatoms. The fraction of sp³-hybridized carbons (Fsp3) is 0.538. The first-order valence-corrected chi connectivity index (χ1v) is 6.30. The molecule has 0 heterocycles. The van der Waals surface area contributed by atoms with Crippen LogP contribution in [0.5, 0.6) is 11.5 Å². The number of halogens is 2. The van der Waals surface area contributed by atoms with Crippen molar-refractivity contribution < 1.29 is 13.9 Å². The minimum absolute atomic E-state index is 0.0133. The zero-order valence-corrected chi connectivity index (χ0v) is 11.3. The number of benzene rings is 1. The molecule has 0 spiro atoms. The van der Waals surface area contributed by atoms with E-state index >= 15 is 0 Å². The van der Waals surface area contributed by atoms with E-state index in [1.165, 1.54) is 14.2 Å². The van der Waals surface area contributed by atoms with Crippen LogP contribution in [0, 0.1) is 5.82 Å². The highest BCUT2D eigenvalue weighted by Crippen LogP contribution is 2.47. The van der Waals surface area contributed by atoms with Crippen LogP contribution in [0.2, 0.25) is 5.02 Å². The van der Waals surface area contributed by atoms with Gasteiger partial charge in [0.15, 0.2) is 17.3 Å². The van der Waals surface area contributed by atoms with Crippen molar-refractivity contribution in [2.45, 2.75) is 31.2 Å². The molecule has 1 fully saturated rings. The first kappa shape index (κ1) is 13.4. The maximum absolute atomic E-state index is 13.9. The molecule has 18 heavy (non-hydrogen) atoms. The third kappa shape index (κ3) is 2.04. The molecule has 0 bridgehead atoms. The quantitative estimate of drug-likeness (QED) is 0.920. The first-order valence-electron chi connectivity index (χ1n) is 5.93. The average molecular weight is 274 g/mol. The van der Waals surface area contributed by atoms with Gasteiger partial charge in [-0.05, 0) is 18.9 Å². The van der Waals surface area contributed by atoms with Crippen molar-refractivity contribution in [1.29, 1.82) is 0 Å². The average Bonchev–Trinajstić information content (AvgIpc) is 2.80. The van der Waals surface area contributed by atoms with Crippen molar-refractivity contribution in [2.75, 3.05) is 14.2 Å². The van der Waals surface area contributed by atoms with Crippen LogP contribution in [0.1, 0.15) is 31.2 Å². The van der Waals surface area contributed by atoms with Gasteiger partial charge >= 0.3 is 0 Å². The van der Waals surface area contributed by atoms with Gasteiger partial charge in [0.05, 0.1) is 19.2 Å². The fourth-order valence-electron chi connectivity index (χ4n) is 2.62. The van der Waals surface area contributed by atoms with Gasteiger partial charge < -0.3 is 15.2 Å². The molecule has 1 aromatic rings. The van der Waals surface area contributed by atoms with E-state index in [4.69, 9.17) is 26.8 Å². The van der Waals surface area contributed by atoms with Crippen LogP contribution < -0.4 is 15.2 Å². The third-order valence-electron chi connectivity index (χ3n) is 3.57. The standard InChI is InChI=1S/C13H17ClFNO2/c1-17-11-8(13(16)5-3-4-6-13)7-9(14)10(15)12(11)18-2/h7H,3-6,16H2,1-2H3. The Labute approximate surface area is 111 Å². The minimum atomic E-state index is -0.610. The number of hydrogen-bond acceptors (Lipinski definition) is 3. The molecule has 100 valence electrons. The van der Waals surface area contributed by atoms with Crippen molar-refractivity contribution in [2.24, 2.45) is 5.73 Å². The molecular formula is C13H17ClFNO2. The second-order valence-electron chi connectivity index (χ2n) is 4.65. The van der Waals surface area contributed by atoms with Crippen molar-refractivity contribution in [3.8, 4) is 11.5 Å². The van der Waals surface area contributed by atoms with Gasteiger partial charge in [-0.2, -0.15) is 0 Å². The number of ether oxygens (including phenoxy) is 2. The summed E-state index contributed by atoms with van der Waals surface area (Å²) in [5.41, 5.74) is 6.61. The topological polar surface area (TPSA) is 44.5 Å². The Morgan fingerprint density at radius 3 is 2.28 bits per heavy atom. The van der Waals surface area contributed by atoms with Crippen LogP contribution in [0.25, 0.3) is 0 Å². The third-order valence-corrected chi connectivity index (χ3v) is 3.85. The van der Waals surface area contributed by atoms with Gasteiger partial charge in [-0.3, -0.25) is 0 Å². The van der Waals surface area contributed by atoms with Gasteiger partial charge in [-0.15, -0.1) is 0 Å². The molecule has 1 aliphatic rings. The molecule has 0 saturated heterocycles. The summed E-state index contributed by atoms with van der Waals surface area (Å²) in [6.07, 6.45) is 3.79. The van der Waals surface area contributed by atoms with E-state index in [2.05, 4.69) is 0 Å². The molecular weight excluding hydrogens is 257 g/mol. The molecule has 0 amide bonds. The SMILES string of the molecule is COc1c(C2(N)CCCC2)cc(Cl)c(F)c1OC. The second kappa shape index (κ2) is 4.94. The number of rotatable bonds is 3. The summed E-state index contributed by atoms with van der Waals surface area (Å²) in [4.78, 5) is 0. The summed E-state index contributed by atoms with van der Waals surface area (Å²) < 4.78 is 24.2. The predicted octanol–water partition coefficient (Wildman–Crippen LogP) is 3.22. The maximum atomic E-state index is 13.9. The van der Waals surface area contributed by atoms with Crippen molar-refractivity contribution in [1.82, 2.24) is 0 Å². The number of methoxy groups -OCH3 is 2. The molecule has 2 N–H and O–H groups in total. The van der Waals surface area contributed by atoms with Gasteiger partial charge in [0.2, 0.25) is 0 Å². The monoisotopic (exact) mass is 273 g/mol. The maximum Gasteiger partial charge on any atom is 0.198 e. The lowest BCUT2D eigenvalue weighted by atomic mass is 9.88. The molecule has 0 unspecified atom stereocenters. The highest BCUT2D eigenvalue weighted by Gasteiger charge is 2.36. The molecule has 0 aromatic heterocycles. The van der Waals surface area contributed by atoms with Crippen LogP contribution in [0.3, 0.4) is 0 Å². The Kier molecular flexibility index (Phi) is 3.69. The van der Waals surface area contributed by atoms with Crippen molar-refractivity contribution in [3.63, 3.8) is 0 Å². The first-order chi connectivity index (χ1) is 8.53. The van der Waals surface area contributed by atoms with E-state index in [1.54, 1.807) is 6.07 Å². The summed E-state index contributed by atoms with van der Waals surface area (Å²) in [5.74, 6) is -0.234. The molecule has 0 radical (unpaired) electrons. The molecule has 1 saturated carbocycles. The van der Waals surface area contributed by atoms with Crippen molar-refractivity contribution >= 4 is 11.6 Å². The molecule has 0 aliphatic heterocycles. The zero-order chi connectivity index (χ0) is 13.3. The summed E-state index contributed by atoms with van der Waals surface area (Å²) in [7, 11) is 2.87. The largest absolute Gasteiger partial charge is 0.492 e. The van der Waals surface area contributed by atoms with Crippen LogP contribution in [0.4, 0.5) is 4.39 Å². The molecule has 3 nitrogen and oxygen atoms in total. The smallest absolute Gasteiger partial charge is 0.198 e. The highest BCUT2D eigenvalue weighted by molar-refractivity contribution is 6.31. The molecule has 2 rings (SSSR count). The molecule has 1 aliphatic carbocycles. The van der Waals surface area contributed by atoms with Gasteiger partial charge in [0.1, 0.15) is 0 Å². The Morgan fingerprint density at radius 2 is 1.78 bits per heavy atom. The van der Waals surface area contributed by atoms with Crippen LogP contribution in [-0.4, -0.2) is 14.2 Å². The Morgan fingerprint density at radius 1 is 1.22 bits per heavy atom. The van der Waals surface area contributed by atoms with E-state index in [-0.39, 0.29) is 10.8 Å². The van der Waals surface area contributed by atoms with Crippen LogP contribution in [0.15, 0.2) is 6.07 Å². The van der Waals surface area contributed by atoms with Gasteiger partial charge in [-0.25, -0.2) is 4.39 Å². The molecule has 0 atom stereocenters. The lowest BCUT2D eigenvalue weighted by molar-refractivity contribution is 0.323. The van der Waals surface area contributed by atoms with Gasteiger partial charge in [0.25, 0.3) is 0 Å². The summed E-state index contributed by atoms with van der Waals surface area (Å²) in [6.45, 7) is 0. The Bertz CT molecular complexity index is 459. The Balaban J connectivity index is 2.63. The minimum Gasteiger partial charge on any atom is -0.492 e. The predicted molar refractivity (Wildman–Crippen MR) is 68.8 cm³/mol. The lowest BCUT2D eigenvalue weighted by Crippen LogP contribution is -2.33. The van der Waals surface area contributed by atoms with E-state index < -0.39 is 11.4 Å². The summed E-state index contributed by atoms with van der Waals surface area (Å²) in [6, 6.07) is 1.56. The summed E-state index contributed by atoms with van der Waals surface area (Å²) >= 11 is 5.90. The second-order valence-corrected chi connectivity index (χ2v) is 5.06. The fourth-order valence-corrected chi connectivity index (χ4v) is 2.81. The highest BCUT2D eigenvalue weighted by atomic mass is 35.5. The van der Waals surface area contributed by atoms with Crippen LogP contribution >= 0.6 is 11.6 Å². The lowest BCUT2D eigenvalue weighted by Gasteiger charge is -2.27. The molecule has 1 aromatic carbocycles. The van der Waals surface area contributed by atoms with E-state index in [1.807, 2.05) is 0 Å². The van der Waals surface area contributed by atoms with Gasteiger partial charge in [-0.1, -0.05) is 24.4 Å². The number of nitrogens with two attached hydrogens (primary N) is 1.